The molecule has 1 heterocycles. The predicted molar refractivity (Wildman–Crippen MR) is 106 cm³/mol. The van der Waals surface area contributed by atoms with Crippen LogP contribution in [0.2, 0.25) is 0 Å². The maximum Gasteiger partial charge on any atom is 0.191 e. The van der Waals surface area contributed by atoms with E-state index in [1.165, 1.54) is 5.56 Å². The Morgan fingerprint density at radius 3 is 2.39 bits per heavy atom. The minimum atomic E-state index is 0. The number of aliphatic imine (C=N–C) groups is 1. The summed E-state index contributed by atoms with van der Waals surface area (Å²) in [6, 6.07) is 11.4. The van der Waals surface area contributed by atoms with Crippen LogP contribution >= 0.6 is 24.0 Å². The lowest BCUT2D eigenvalue weighted by Gasteiger charge is -2.12. The lowest BCUT2D eigenvalue weighted by atomic mass is 10.1. The number of phenols is 1. The lowest BCUT2D eigenvalue weighted by molar-refractivity contribution is 0.475. The van der Waals surface area contributed by atoms with Gasteiger partial charge >= 0.3 is 0 Å². The van der Waals surface area contributed by atoms with Crippen molar-refractivity contribution in [2.45, 2.75) is 19.4 Å². The van der Waals surface area contributed by atoms with Gasteiger partial charge in [0.05, 0.1) is 0 Å². The summed E-state index contributed by atoms with van der Waals surface area (Å²) in [5.74, 6) is 1.15. The normalized spacial score (nSPS) is 10.9. The number of guanidine groups is 1. The number of halogens is 1. The summed E-state index contributed by atoms with van der Waals surface area (Å²) in [6.45, 7) is 2.62. The largest absolute Gasteiger partial charge is 0.508 e. The molecule has 6 heteroatoms. The summed E-state index contributed by atoms with van der Waals surface area (Å²) < 4.78 is 2.13. The number of aromatic hydroxyl groups is 1. The Balaban J connectivity index is 0.00000264. The van der Waals surface area contributed by atoms with Crippen LogP contribution < -0.4 is 10.6 Å². The van der Waals surface area contributed by atoms with Gasteiger partial charge in [-0.05, 0) is 42.7 Å². The number of nitrogens with one attached hydrogen (secondary N) is 2. The van der Waals surface area contributed by atoms with E-state index in [0.717, 1.165) is 38.4 Å². The molecule has 0 bridgehead atoms. The molecule has 0 aliphatic rings. The van der Waals surface area contributed by atoms with Gasteiger partial charge in [0.1, 0.15) is 5.75 Å². The van der Waals surface area contributed by atoms with Crippen molar-refractivity contribution in [3.8, 4) is 5.75 Å². The van der Waals surface area contributed by atoms with Gasteiger partial charge in [-0.2, -0.15) is 0 Å². The van der Waals surface area contributed by atoms with Crippen molar-refractivity contribution in [1.82, 2.24) is 15.2 Å². The van der Waals surface area contributed by atoms with E-state index < -0.39 is 0 Å². The molecule has 5 nitrogen and oxygen atoms in total. The van der Waals surface area contributed by atoms with Gasteiger partial charge in [-0.3, -0.25) is 4.99 Å². The van der Waals surface area contributed by atoms with Gasteiger partial charge < -0.3 is 20.3 Å². The number of hydrogen-bond acceptors (Lipinski definition) is 2. The van der Waals surface area contributed by atoms with Gasteiger partial charge in [0, 0.05) is 39.1 Å². The van der Waals surface area contributed by atoms with E-state index >= 15 is 0 Å². The van der Waals surface area contributed by atoms with Crippen LogP contribution in [-0.4, -0.2) is 35.8 Å². The molecule has 1 aromatic heterocycles. The van der Waals surface area contributed by atoms with Crippen LogP contribution in [0.3, 0.4) is 0 Å². The fraction of sp³-hybridized carbons (Fsp3) is 0.353. The molecule has 0 unspecified atom stereocenters. The molecule has 0 radical (unpaired) electrons. The monoisotopic (exact) mass is 428 g/mol. The number of phenolic OH excluding ortho intramolecular Hbond substituents is 1. The smallest absolute Gasteiger partial charge is 0.191 e. The van der Waals surface area contributed by atoms with Crippen molar-refractivity contribution < 1.29 is 5.11 Å². The van der Waals surface area contributed by atoms with E-state index in [1.54, 1.807) is 19.2 Å². The Labute approximate surface area is 154 Å². The van der Waals surface area contributed by atoms with E-state index in [-0.39, 0.29) is 24.0 Å². The molecule has 0 atom stereocenters. The van der Waals surface area contributed by atoms with Crippen LogP contribution in [0.5, 0.6) is 5.75 Å². The van der Waals surface area contributed by atoms with Gasteiger partial charge in [0.15, 0.2) is 5.96 Å². The number of rotatable bonds is 7. The van der Waals surface area contributed by atoms with Crippen molar-refractivity contribution in [2.75, 3.05) is 20.1 Å². The second-order valence-corrected chi connectivity index (χ2v) is 5.12. The molecule has 0 aliphatic heterocycles. The third-order valence-electron chi connectivity index (χ3n) is 3.42. The standard InChI is InChI=1S/C17H24N4O.HI/c1-18-17(20-11-14-21-12-2-3-13-21)19-10-4-5-15-6-8-16(22)9-7-15;/h2-3,6-9,12-13,22H,4-5,10-11,14H2,1H3,(H2,18,19,20);1H. The fourth-order valence-corrected chi connectivity index (χ4v) is 2.21. The summed E-state index contributed by atoms with van der Waals surface area (Å²) in [5, 5.41) is 15.9. The Morgan fingerprint density at radius 1 is 1.09 bits per heavy atom. The molecule has 126 valence electrons. The summed E-state index contributed by atoms with van der Waals surface area (Å²) >= 11 is 0. The first-order valence-electron chi connectivity index (χ1n) is 7.61. The van der Waals surface area contributed by atoms with E-state index in [0.29, 0.717) is 5.75 Å². The lowest BCUT2D eigenvalue weighted by Crippen LogP contribution is -2.39. The second kappa shape index (κ2) is 10.9. The molecule has 0 fully saturated rings. The topological polar surface area (TPSA) is 61.6 Å². The highest BCUT2D eigenvalue weighted by atomic mass is 127. The van der Waals surface area contributed by atoms with Gasteiger partial charge in [0.25, 0.3) is 0 Å². The SMILES string of the molecule is CN=C(NCCCc1ccc(O)cc1)NCCn1cccc1.I. The molecular formula is C17H25IN4O. The van der Waals surface area contributed by atoms with Gasteiger partial charge in [-0.15, -0.1) is 24.0 Å². The third kappa shape index (κ3) is 7.40. The number of benzene rings is 1. The van der Waals surface area contributed by atoms with Crippen molar-refractivity contribution in [3.05, 3.63) is 54.4 Å². The van der Waals surface area contributed by atoms with Crippen LogP contribution in [-0.2, 0) is 13.0 Å². The summed E-state index contributed by atoms with van der Waals surface area (Å²) in [5.41, 5.74) is 1.23. The summed E-state index contributed by atoms with van der Waals surface area (Å²) in [6.07, 6.45) is 6.10. The first-order valence-corrected chi connectivity index (χ1v) is 7.61. The minimum absolute atomic E-state index is 0. The highest BCUT2D eigenvalue weighted by Gasteiger charge is 1.98. The van der Waals surface area contributed by atoms with Crippen molar-refractivity contribution >= 4 is 29.9 Å². The van der Waals surface area contributed by atoms with Crippen molar-refractivity contribution in [3.63, 3.8) is 0 Å². The van der Waals surface area contributed by atoms with Crippen LogP contribution in [0.1, 0.15) is 12.0 Å². The van der Waals surface area contributed by atoms with Gasteiger partial charge in [-0.1, -0.05) is 12.1 Å². The van der Waals surface area contributed by atoms with E-state index in [9.17, 15) is 5.11 Å². The van der Waals surface area contributed by atoms with Crippen molar-refractivity contribution in [1.29, 1.82) is 0 Å². The number of aryl methyl sites for hydroxylation is 1. The maximum atomic E-state index is 9.25. The van der Waals surface area contributed by atoms with Crippen LogP contribution in [0, 0.1) is 0 Å². The van der Waals surface area contributed by atoms with Crippen LogP contribution in [0.15, 0.2) is 53.8 Å². The molecule has 0 aliphatic carbocycles. The quantitative estimate of drug-likeness (QED) is 0.275. The first kappa shape index (κ1) is 19.3. The molecular weight excluding hydrogens is 403 g/mol. The highest BCUT2D eigenvalue weighted by molar-refractivity contribution is 14.0. The summed E-state index contributed by atoms with van der Waals surface area (Å²) in [4.78, 5) is 4.22. The molecule has 3 N–H and O–H groups in total. The highest BCUT2D eigenvalue weighted by Crippen LogP contribution is 2.10. The van der Waals surface area contributed by atoms with Crippen LogP contribution in [0.25, 0.3) is 0 Å². The molecule has 0 saturated heterocycles. The van der Waals surface area contributed by atoms with Crippen molar-refractivity contribution in [2.24, 2.45) is 4.99 Å². The first-order chi connectivity index (χ1) is 10.8. The zero-order valence-corrected chi connectivity index (χ0v) is 15.7. The van der Waals surface area contributed by atoms with E-state index in [2.05, 4.69) is 32.6 Å². The number of hydrogen-bond donors (Lipinski definition) is 3. The molecule has 2 rings (SSSR count). The zero-order valence-electron chi connectivity index (χ0n) is 13.4. The van der Waals surface area contributed by atoms with Crippen LogP contribution in [0.4, 0.5) is 0 Å². The molecule has 0 spiro atoms. The molecule has 2 aromatic rings. The minimum Gasteiger partial charge on any atom is -0.508 e. The zero-order chi connectivity index (χ0) is 15.6. The average Bonchev–Trinajstić information content (AvgIpc) is 3.04. The Hall–Kier alpha value is -1.70. The third-order valence-corrected chi connectivity index (χ3v) is 3.42. The van der Waals surface area contributed by atoms with E-state index in [1.807, 2.05) is 24.3 Å². The molecule has 23 heavy (non-hydrogen) atoms. The summed E-state index contributed by atoms with van der Waals surface area (Å²) in [7, 11) is 1.78. The molecule has 0 saturated carbocycles. The van der Waals surface area contributed by atoms with Gasteiger partial charge in [0.2, 0.25) is 0 Å². The predicted octanol–water partition coefficient (Wildman–Crippen LogP) is 2.61. The van der Waals surface area contributed by atoms with E-state index in [4.69, 9.17) is 0 Å². The average molecular weight is 428 g/mol. The number of nitrogens with zero attached hydrogens (tertiary/aromatic N) is 2. The molecule has 0 amide bonds. The Morgan fingerprint density at radius 2 is 1.74 bits per heavy atom. The van der Waals surface area contributed by atoms with Gasteiger partial charge in [-0.25, -0.2) is 0 Å². The maximum absolute atomic E-state index is 9.25. The Bertz CT molecular complexity index is 567. The molecule has 1 aromatic carbocycles. The number of aromatic nitrogens is 1. The fourth-order valence-electron chi connectivity index (χ4n) is 2.21. The Kier molecular flexibility index (Phi) is 9.20. The second-order valence-electron chi connectivity index (χ2n) is 5.12.